The number of aromatic nitrogens is 3. The summed E-state index contributed by atoms with van der Waals surface area (Å²) < 4.78 is 8.54. The van der Waals surface area contributed by atoms with Gasteiger partial charge in [-0.1, -0.05) is 0 Å². The fraction of sp³-hybridized carbons (Fsp3) is 0.538. The quantitative estimate of drug-likeness (QED) is 0.706. The molecule has 0 saturated heterocycles. The predicted octanol–water partition coefficient (Wildman–Crippen LogP) is 0.512. The van der Waals surface area contributed by atoms with Gasteiger partial charge in [0.25, 0.3) is 5.56 Å². The standard InChI is InChI=1S/C13H20N4O2/c1-2-19-11-3-5-14-7-8-16-9-10-17-12(13(16)18)4-6-15-17/h4,6,9-10,14H,2-3,5,7-8,11H2,1H3. The van der Waals surface area contributed by atoms with Gasteiger partial charge in [0.05, 0.1) is 6.20 Å². The van der Waals surface area contributed by atoms with Gasteiger partial charge < -0.3 is 14.6 Å². The Kier molecular flexibility index (Phi) is 5.11. The van der Waals surface area contributed by atoms with E-state index in [0.717, 1.165) is 32.7 Å². The van der Waals surface area contributed by atoms with Crippen molar-refractivity contribution in [3.8, 4) is 0 Å². The van der Waals surface area contributed by atoms with Crippen molar-refractivity contribution in [1.29, 1.82) is 0 Å². The van der Waals surface area contributed by atoms with Crippen molar-refractivity contribution in [3.05, 3.63) is 35.0 Å². The van der Waals surface area contributed by atoms with Gasteiger partial charge in [0.1, 0.15) is 5.52 Å². The zero-order valence-electron chi connectivity index (χ0n) is 11.2. The summed E-state index contributed by atoms with van der Waals surface area (Å²) in [6.07, 6.45) is 6.19. The van der Waals surface area contributed by atoms with Gasteiger partial charge in [-0.05, 0) is 26.0 Å². The highest BCUT2D eigenvalue weighted by atomic mass is 16.5. The maximum atomic E-state index is 12.0. The van der Waals surface area contributed by atoms with Gasteiger partial charge in [-0.25, -0.2) is 4.52 Å². The van der Waals surface area contributed by atoms with Gasteiger partial charge >= 0.3 is 0 Å². The van der Waals surface area contributed by atoms with E-state index in [4.69, 9.17) is 4.74 Å². The molecule has 104 valence electrons. The minimum atomic E-state index is -0.00360. The highest BCUT2D eigenvalue weighted by Crippen LogP contribution is 1.93. The molecule has 0 atom stereocenters. The summed E-state index contributed by atoms with van der Waals surface area (Å²) in [5.41, 5.74) is 0.606. The molecule has 0 fully saturated rings. The van der Waals surface area contributed by atoms with Crippen LogP contribution in [-0.2, 0) is 11.3 Å². The second-order valence-electron chi connectivity index (χ2n) is 4.26. The van der Waals surface area contributed by atoms with Crippen LogP contribution in [0.5, 0.6) is 0 Å². The molecule has 0 radical (unpaired) electrons. The molecular weight excluding hydrogens is 244 g/mol. The molecule has 0 spiro atoms. The Morgan fingerprint density at radius 1 is 1.37 bits per heavy atom. The molecule has 0 amide bonds. The molecule has 6 nitrogen and oxygen atoms in total. The Labute approximate surface area is 112 Å². The zero-order valence-corrected chi connectivity index (χ0v) is 11.2. The lowest BCUT2D eigenvalue weighted by molar-refractivity contribution is 0.145. The van der Waals surface area contributed by atoms with Crippen LogP contribution in [0.4, 0.5) is 0 Å². The lowest BCUT2D eigenvalue weighted by Gasteiger charge is -2.07. The molecule has 0 aliphatic heterocycles. The third-order valence-electron chi connectivity index (χ3n) is 2.91. The topological polar surface area (TPSA) is 60.6 Å². The van der Waals surface area contributed by atoms with E-state index in [0.29, 0.717) is 12.1 Å². The molecule has 0 aromatic carbocycles. The Morgan fingerprint density at radius 3 is 3.11 bits per heavy atom. The first-order valence-corrected chi connectivity index (χ1v) is 6.64. The van der Waals surface area contributed by atoms with Crippen LogP contribution in [0.1, 0.15) is 13.3 Å². The molecule has 19 heavy (non-hydrogen) atoms. The van der Waals surface area contributed by atoms with E-state index in [2.05, 4.69) is 10.4 Å². The van der Waals surface area contributed by atoms with Gasteiger partial charge in [-0.2, -0.15) is 5.10 Å². The number of nitrogens with one attached hydrogen (secondary N) is 1. The van der Waals surface area contributed by atoms with Crippen LogP contribution in [0.25, 0.3) is 5.52 Å². The van der Waals surface area contributed by atoms with Gasteiger partial charge in [-0.3, -0.25) is 4.79 Å². The number of hydrogen-bond donors (Lipinski definition) is 1. The van der Waals surface area contributed by atoms with E-state index in [1.807, 2.05) is 6.92 Å². The Hall–Kier alpha value is -1.66. The van der Waals surface area contributed by atoms with E-state index >= 15 is 0 Å². The monoisotopic (exact) mass is 264 g/mol. The molecule has 1 N–H and O–H groups in total. The largest absolute Gasteiger partial charge is 0.382 e. The minimum absolute atomic E-state index is 0.00360. The normalized spacial score (nSPS) is 11.2. The lowest BCUT2D eigenvalue weighted by Crippen LogP contribution is -2.28. The molecular formula is C13H20N4O2. The first kappa shape index (κ1) is 13.8. The van der Waals surface area contributed by atoms with Crippen LogP contribution < -0.4 is 10.9 Å². The SMILES string of the molecule is CCOCCCNCCn1ccn2nccc2c1=O. The van der Waals surface area contributed by atoms with Crippen LogP contribution in [-0.4, -0.2) is 40.5 Å². The molecule has 2 heterocycles. The van der Waals surface area contributed by atoms with Crippen molar-refractivity contribution in [2.75, 3.05) is 26.3 Å². The summed E-state index contributed by atoms with van der Waals surface area (Å²) in [7, 11) is 0. The van der Waals surface area contributed by atoms with Crippen molar-refractivity contribution in [2.45, 2.75) is 19.9 Å². The van der Waals surface area contributed by atoms with Crippen molar-refractivity contribution in [1.82, 2.24) is 19.5 Å². The Bertz CT molecular complexity index is 561. The number of rotatable bonds is 8. The van der Waals surface area contributed by atoms with E-state index in [9.17, 15) is 4.79 Å². The molecule has 2 aromatic heterocycles. The van der Waals surface area contributed by atoms with Crippen molar-refractivity contribution >= 4 is 5.52 Å². The Balaban J connectivity index is 1.78. The molecule has 0 aliphatic rings. The second-order valence-corrected chi connectivity index (χ2v) is 4.26. The molecule has 0 aliphatic carbocycles. The number of hydrogen-bond acceptors (Lipinski definition) is 4. The third kappa shape index (κ3) is 3.65. The number of ether oxygens (including phenoxy) is 1. The van der Waals surface area contributed by atoms with Gasteiger partial charge in [0, 0.05) is 38.7 Å². The maximum absolute atomic E-state index is 12.0. The summed E-state index contributed by atoms with van der Waals surface area (Å²) in [4.78, 5) is 12.0. The van der Waals surface area contributed by atoms with Gasteiger partial charge in [-0.15, -0.1) is 0 Å². The molecule has 0 unspecified atom stereocenters. The summed E-state index contributed by atoms with van der Waals surface area (Å²) in [6.45, 7) is 5.88. The van der Waals surface area contributed by atoms with E-state index in [-0.39, 0.29) is 5.56 Å². The number of nitrogens with zero attached hydrogens (tertiary/aromatic N) is 3. The predicted molar refractivity (Wildman–Crippen MR) is 73.4 cm³/mol. The average Bonchev–Trinajstić information content (AvgIpc) is 2.89. The Morgan fingerprint density at radius 2 is 2.26 bits per heavy atom. The molecule has 2 aromatic rings. The number of fused-ring (bicyclic) bond motifs is 1. The maximum Gasteiger partial charge on any atom is 0.276 e. The minimum Gasteiger partial charge on any atom is -0.382 e. The first-order valence-electron chi connectivity index (χ1n) is 6.64. The fourth-order valence-electron chi connectivity index (χ4n) is 1.91. The first-order chi connectivity index (χ1) is 9.33. The van der Waals surface area contributed by atoms with Crippen LogP contribution in [0.2, 0.25) is 0 Å². The lowest BCUT2D eigenvalue weighted by atomic mass is 10.4. The van der Waals surface area contributed by atoms with Crippen LogP contribution in [0, 0.1) is 0 Å². The highest BCUT2D eigenvalue weighted by molar-refractivity contribution is 5.42. The molecule has 6 heteroatoms. The van der Waals surface area contributed by atoms with Crippen LogP contribution in [0.3, 0.4) is 0 Å². The van der Waals surface area contributed by atoms with Crippen LogP contribution in [0.15, 0.2) is 29.5 Å². The summed E-state index contributed by atoms with van der Waals surface area (Å²) in [5, 5.41) is 7.33. The van der Waals surface area contributed by atoms with Crippen molar-refractivity contribution in [3.63, 3.8) is 0 Å². The second kappa shape index (κ2) is 7.06. The van der Waals surface area contributed by atoms with E-state index < -0.39 is 0 Å². The summed E-state index contributed by atoms with van der Waals surface area (Å²) in [6, 6.07) is 1.73. The molecule has 2 rings (SSSR count). The molecule has 0 bridgehead atoms. The van der Waals surface area contributed by atoms with Gasteiger partial charge in [0.2, 0.25) is 0 Å². The molecule has 0 saturated carbocycles. The third-order valence-corrected chi connectivity index (χ3v) is 2.91. The average molecular weight is 264 g/mol. The smallest absolute Gasteiger partial charge is 0.276 e. The van der Waals surface area contributed by atoms with Crippen LogP contribution >= 0.6 is 0 Å². The summed E-state index contributed by atoms with van der Waals surface area (Å²) in [5.74, 6) is 0. The zero-order chi connectivity index (χ0) is 13.5. The fourth-order valence-corrected chi connectivity index (χ4v) is 1.91. The highest BCUT2D eigenvalue weighted by Gasteiger charge is 2.02. The summed E-state index contributed by atoms with van der Waals surface area (Å²) >= 11 is 0. The van der Waals surface area contributed by atoms with E-state index in [1.54, 1.807) is 33.7 Å². The van der Waals surface area contributed by atoms with E-state index in [1.165, 1.54) is 0 Å². The van der Waals surface area contributed by atoms with Crippen molar-refractivity contribution < 1.29 is 4.74 Å². The van der Waals surface area contributed by atoms with Crippen molar-refractivity contribution in [2.24, 2.45) is 0 Å². The van der Waals surface area contributed by atoms with Gasteiger partial charge in [0.15, 0.2) is 0 Å².